The zero-order valence-electron chi connectivity index (χ0n) is 75.5. The van der Waals surface area contributed by atoms with Crippen LogP contribution in [-0.2, 0) is 21.7 Å². The standard InChI is InChI=1S/C45H33N3O.C42H29N3O.C35H24N4O/c1-44(2)35-16-10-8-14-29(35)30-20-18-27(24-36(30)44)42-46-41(26-12-6-5-7-13-26)47-43(48-42)28-19-21-31-33-22-23-34-32-15-9-11-17-38(32)49-40(34)39(33)45(3,4)37(31)25-28;1-42(2)35-25-30(21-22-31(35)33-23-24-34-32-15-9-10-16-36(32)46-38(34)37(33)42)26-17-19-29(20-18-26)41-44-39(27-11-5-3-6-12-27)43-40(45-41)28-13-7-4-8-14-28;1-35(2)27-20-22(15-16-23(27)25-17-18-26-24-12-6-7-14-29(24)40-31(26)30(25)35)33-37-32(21-10-4-3-5-11-21)38-34(39-33)28-13-8-9-19-36-28/h5-25H,1-4H3;3-25H,1-2H3;3-20H,1-2H3. The van der Waals surface area contributed by atoms with Crippen LogP contribution in [0, 0.1) is 0 Å². The van der Waals surface area contributed by atoms with Crippen molar-refractivity contribution >= 4 is 65.8 Å². The fourth-order valence-electron chi connectivity index (χ4n) is 21.4. The third-order valence-electron chi connectivity index (χ3n) is 28.2. The topological polar surface area (TPSA) is 168 Å². The third kappa shape index (κ3) is 13.1. The maximum atomic E-state index is 6.54. The van der Waals surface area contributed by atoms with Gasteiger partial charge in [-0.05, 0) is 156 Å². The van der Waals surface area contributed by atoms with Crippen molar-refractivity contribution in [2.75, 3.05) is 0 Å². The number of benzene rings is 16. The Morgan fingerprint density at radius 3 is 0.800 bits per heavy atom. The first-order valence-corrected chi connectivity index (χ1v) is 46.0. The third-order valence-corrected chi connectivity index (χ3v) is 28.2. The van der Waals surface area contributed by atoms with Crippen molar-refractivity contribution in [2.45, 2.75) is 77.0 Å². The first kappa shape index (κ1) is 80.2. The molecule has 0 unspecified atom stereocenters. The Bertz CT molecular complexity index is 8670. The predicted molar refractivity (Wildman–Crippen MR) is 544 cm³/mol. The maximum absolute atomic E-state index is 6.54. The summed E-state index contributed by atoms with van der Waals surface area (Å²) in [4.78, 5) is 49.1. The lowest BCUT2D eigenvalue weighted by Gasteiger charge is -2.22. The summed E-state index contributed by atoms with van der Waals surface area (Å²) in [6, 6.07) is 128. The van der Waals surface area contributed by atoms with Gasteiger partial charge in [0.15, 0.2) is 52.4 Å². The molecule has 7 aromatic heterocycles. The number of hydrogen-bond donors (Lipinski definition) is 0. The van der Waals surface area contributed by atoms with Gasteiger partial charge in [0, 0.05) is 121 Å². The molecule has 0 spiro atoms. The molecule has 135 heavy (non-hydrogen) atoms. The van der Waals surface area contributed by atoms with E-state index >= 15 is 0 Å². The monoisotopic (exact) mass is 1740 g/mol. The lowest BCUT2D eigenvalue weighted by atomic mass is 9.81. The minimum absolute atomic E-state index is 0.119. The number of fused-ring (bicyclic) bond motifs is 24. The largest absolute Gasteiger partial charge is 0.456 e. The summed E-state index contributed by atoms with van der Waals surface area (Å²) in [5, 5.41) is 6.95. The molecule has 642 valence electrons. The van der Waals surface area contributed by atoms with Crippen LogP contribution >= 0.6 is 0 Å². The van der Waals surface area contributed by atoms with Gasteiger partial charge in [-0.2, -0.15) is 0 Å². The number of hydrogen-bond acceptors (Lipinski definition) is 13. The van der Waals surface area contributed by atoms with E-state index in [0.717, 1.165) is 111 Å². The number of para-hydroxylation sites is 3. The predicted octanol–water partition coefficient (Wildman–Crippen LogP) is 30.6. The van der Waals surface area contributed by atoms with Gasteiger partial charge in [-0.25, -0.2) is 44.9 Å². The highest BCUT2D eigenvalue weighted by atomic mass is 16.3. The van der Waals surface area contributed by atoms with Crippen LogP contribution in [0.25, 0.3) is 224 Å². The van der Waals surface area contributed by atoms with Gasteiger partial charge in [-0.3, -0.25) is 4.98 Å². The zero-order chi connectivity index (χ0) is 90.7. The Morgan fingerprint density at radius 1 is 0.178 bits per heavy atom. The smallest absolute Gasteiger partial charge is 0.182 e. The molecular weight excluding hydrogens is 1650 g/mol. The van der Waals surface area contributed by atoms with E-state index in [9.17, 15) is 0 Å². The average molecular weight is 1740 g/mol. The number of furan rings is 3. The van der Waals surface area contributed by atoms with E-state index in [1.165, 1.54) is 100.0 Å². The Labute approximate surface area is 779 Å². The first-order valence-electron chi connectivity index (χ1n) is 46.0. The summed E-state index contributed by atoms with van der Waals surface area (Å²) in [6.45, 7) is 18.4. The minimum Gasteiger partial charge on any atom is -0.456 e. The van der Waals surface area contributed by atoms with Crippen molar-refractivity contribution in [3.63, 3.8) is 0 Å². The van der Waals surface area contributed by atoms with Crippen LogP contribution in [0.4, 0.5) is 0 Å². The summed E-state index contributed by atoms with van der Waals surface area (Å²) in [7, 11) is 0. The molecule has 0 saturated carbocycles. The summed E-state index contributed by atoms with van der Waals surface area (Å²) < 4.78 is 19.5. The Hall–Kier alpha value is -16.9. The normalized spacial score (nSPS) is 13.9. The first-order chi connectivity index (χ1) is 65.9. The highest BCUT2D eigenvalue weighted by Crippen LogP contribution is 2.58. The van der Waals surface area contributed by atoms with Crippen LogP contribution < -0.4 is 0 Å². The quantitative estimate of drug-likeness (QED) is 0.127. The van der Waals surface area contributed by atoms with E-state index in [0.29, 0.717) is 58.1 Å². The van der Waals surface area contributed by atoms with E-state index < -0.39 is 0 Å². The van der Waals surface area contributed by atoms with Crippen molar-refractivity contribution in [1.82, 2.24) is 49.8 Å². The lowest BCUT2D eigenvalue weighted by molar-refractivity contribution is 0.619. The lowest BCUT2D eigenvalue weighted by Crippen LogP contribution is -2.15. The van der Waals surface area contributed by atoms with Crippen LogP contribution in [-0.4, -0.2) is 49.8 Å². The fourth-order valence-corrected chi connectivity index (χ4v) is 21.4. The van der Waals surface area contributed by atoms with Gasteiger partial charge in [0.1, 0.15) is 39.2 Å². The summed E-state index contributed by atoms with van der Waals surface area (Å²) in [5.41, 5.74) is 35.7. The molecule has 0 amide bonds. The Morgan fingerprint density at radius 2 is 0.437 bits per heavy atom. The van der Waals surface area contributed by atoms with Gasteiger partial charge in [0.25, 0.3) is 0 Å². The van der Waals surface area contributed by atoms with Crippen molar-refractivity contribution in [1.29, 1.82) is 0 Å². The van der Waals surface area contributed by atoms with E-state index in [4.69, 9.17) is 58.1 Å². The van der Waals surface area contributed by atoms with Crippen LogP contribution in [0.15, 0.2) is 389 Å². The minimum atomic E-state index is -0.285. The Kier molecular flexibility index (Phi) is 18.3. The van der Waals surface area contributed by atoms with Gasteiger partial charge < -0.3 is 13.3 Å². The zero-order valence-corrected chi connectivity index (χ0v) is 75.5. The van der Waals surface area contributed by atoms with Gasteiger partial charge in [0.2, 0.25) is 0 Å². The molecule has 7 heterocycles. The van der Waals surface area contributed by atoms with Gasteiger partial charge in [-0.15, -0.1) is 0 Å². The maximum Gasteiger partial charge on any atom is 0.182 e. The van der Waals surface area contributed by atoms with Gasteiger partial charge >= 0.3 is 0 Å². The highest BCUT2D eigenvalue weighted by molar-refractivity contribution is 6.12. The Balaban J connectivity index is 0.000000109. The number of rotatable bonds is 10. The van der Waals surface area contributed by atoms with Crippen molar-refractivity contribution in [3.8, 4) is 158 Å². The SMILES string of the molecule is CC1(C)c2cc(-c3ccc(-c4nc(-c5ccccc5)nc(-c5ccccc5)n4)cc3)ccc2-c2ccc3c(oc4ccccc43)c21.CC1(C)c2cc(-c3nc(-c4ccccc4)nc(-c4ccccn4)n3)ccc2-c2ccc3c(oc4ccccc43)c21.CC1(C)c2ccccc2-c2ccc(-c3nc(-c4ccccc4)nc(-c4ccc5c(c4)C(C)(C)c4c-5ccc5c4oc4ccccc45)n3)cc21. The highest BCUT2D eigenvalue weighted by Gasteiger charge is 2.43. The second-order valence-corrected chi connectivity index (χ2v) is 37.7. The molecule has 27 rings (SSSR count). The second kappa shape index (κ2) is 30.9. The molecule has 0 bridgehead atoms. The van der Waals surface area contributed by atoms with Crippen molar-refractivity contribution in [3.05, 3.63) is 421 Å². The van der Waals surface area contributed by atoms with Gasteiger partial charge in [0.05, 0.1) is 0 Å². The molecule has 0 saturated heterocycles. The van der Waals surface area contributed by atoms with E-state index in [2.05, 4.69) is 279 Å². The molecule has 4 aliphatic carbocycles. The molecule has 13 heteroatoms. The molecule has 0 atom stereocenters. The molecule has 0 fully saturated rings. The fraction of sp³-hybridized carbons (Fsp3) is 0.0984. The van der Waals surface area contributed by atoms with E-state index in [1.54, 1.807) is 6.20 Å². The molecule has 23 aromatic rings. The van der Waals surface area contributed by atoms with Crippen molar-refractivity contribution < 1.29 is 13.3 Å². The molecule has 0 N–H and O–H groups in total. The van der Waals surface area contributed by atoms with Crippen molar-refractivity contribution in [2.24, 2.45) is 0 Å². The number of aromatic nitrogens is 10. The molecular formula is C122H86N10O3. The number of nitrogens with zero attached hydrogens (tertiary/aromatic N) is 10. The second-order valence-electron chi connectivity index (χ2n) is 37.7. The average Bonchev–Trinajstić information content (AvgIpc) is 1.56. The van der Waals surface area contributed by atoms with E-state index in [-0.39, 0.29) is 21.7 Å². The molecule has 16 aromatic carbocycles. The van der Waals surface area contributed by atoms with Crippen LogP contribution in [0.5, 0.6) is 0 Å². The summed E-state index contributed by atoms with van der Waals surface area (Å²) >= 11 is 0. The molecule has 4 aliphatic rings. The summed E-state index contributed by atoms with van der Waals surface area (Å²) in [6.07, 6.45) is 1.76. The van der Waals surface area contributed by atoms with Crippen LogP contribution in [0.3, 0.4) is 0 Å². The molecule has 0 aliphatic heterocycles. The number of pyridine rings is 1. The molecule has 0 radical (unpaired) electrons. The van der Waals surface area contributed by atoms with Gasteiger partial charge in [-0.1, -0.05) is 353 Å². The van der Waals surface area contributed by atoms with Crippen LogP contribution in [0.1, 0.15) is 99.9 Å². The molecule has 13 nitrogen and oxygen atoms in total. The van der Waals surface area contributed by atoms with E-state index in [1.807, 2.05) is 152 Å². The summed E-state index contributed by atoms with van der Waals surface area (Å²) in [5.74, 6) is 5.77. The van der Waals surface area contributed by atoms with Crippen LogP contribution in [0.2, 0.25) is 0 Å².